The van der Waals surface area contributed by atoms with Crippen molar-refractivity contribution in [2.45, 2.75) is 13.5 Å². The SMILES string of the molecule is [B][I-]c1cc2nnc(-c3ccccc3O)cc2n1CC. The number of fused-ring (bicyclic) bond motifs is 1. The molecule has 0 amide bonds. The average Bonchev–Trinajstić information content (AvgIpc) is 2.84. The molecule has 0 saturated heterocycles. The quantitative estimate of drug-likeness (QED) is 0.480. The van der Waals surface area contributed by atoms with Crippen molar-refractivity contribution in [3.63, 3.8) is 0 Å². The molecular weight excluding hydrogens is 364 g/mol. The zero-order valence-corrected chi connectivity index (χ0v) is 13.1. The molecule has 0 aliphatic heterocycles. The molecule has 20 heavy (non-hydrogen) atoms. The zero-order chi connectivity index (χ0) is 14.1. The van der Waals surface area contributed by atoms with Gasteiger partial charge in [-0.05, 0) is 0 Å². The van der Waals surface area contributed by atoms with Gasteiger partial charge in [-0.15, -0.1) is 0 Å². The minimum atomic E-state index is -0.493. The second-order valence-electron chi connectivity index (χ2n) is 4.34. The molecule has 0 aliphatic rings. The number of para-hydroxylation sites is 1. The number of aromatic hydroxyl groups is 1. The number of benzene rings is 1. The molecule has 4 nitrogen and oxygen atoms in total. The first-order chi connectivity index (χ1) is 9.74. The van der Waals surface area contributed by atoms with E-state index in [1.54, 1.807) is 12.1 Å². The van der Waals surface area contributed by atoms with Gasteiger partial charge < -0.3 is 0 Å². The van der Waals surface area contributed by atoms with Crippen LogP contribution >= 0.6 is 0 Å². The summed E-state index contributed by atoms with van der Waals surface area (Å²) in [5, 5.41) is 18.4. The summed E-state index contributed by atoms with van der Waals surface area (Å²) in [7, 11) is 0. The normalized spacial score (nSPS) is 11.2. The Kier molecular flexibility index (Phi) is 3.65. The third-order valence-corrected chi connectivity index (χ3v) is 4.75. The molecule has 2 aromatic heterocycles. The second-order valence-corrected chi connectivity index (χ2v) is 6.07. The van der Waals surface area contributed by atoms with Crippen molar-refractivity contribution in [2.75, 3.05) is 0 Å². The molecule has 0 unspecified atom stereocenters. The number of hydrogen-bond donors (Lipinski definition) is 1. The fraction of sp³-hybridized carbons (Fsp3) is 0.143. The van der Waals surface area contributed by atoms with Crippen LogP contribution in [-0.4, -0.2) is 25.6 Å². The Morgan fingerprint density at radius 1 is 1.25 bits per heavy atom. The fourth-order valence-electron chi connectivity index (χ4n) is 2.25. The van der Waals surface area contributed by atoms with Crippen LogP contribution in [0.2, 0.25) is 0 Å². The summed E-state index contributed by atoms with van der Waals surface area (Å²) in [6.07, 6.45) is 0. The van der Waals surface area contributed by atoms with Gasteiger partial charge in [0.05, 0.1) is 0 Å². The third-order valence-electron chi connectivity index (χ3n) is 3.21. The summed E-state index contributed by atoms with van der Waals surface area (Å²) in [6.45, 7) is 2.93. The summed E-state index contributed by atoms with van der Waals surface area (Å²) in [5.74, 6) is 0.210. The first-order valence-electron chi connectivity index (χ1n) is 6.23. The second kappa shape index (κ2) is 5.44. The number of aromatic nitrogens is 3. The van der Waals surface area contributed by atoms with E-state index < -0.39 is 21.0 Å². The standard InChI is InChI=1S/C14H12BIN3O/c1-2-19-12-7-10(9-5-3-4-6-13(9)20)17-18-11(12)8-14(19)16-15/h3-8,20H,2H2,1H3/q-1. The summed E-state index contributed by atoms with van der Waals surface area (Å²) >= 11 is -0.493. The molecule has 1 N–H and O–H groups in total. The van der Waals surface area contributed by atoms with E-state index in [9.17, 15) is 5.11 Å². The van der Waals surface area contributed by atoms with Gasteiger partial charge in [0.1, 0.15) is 0 Å². The van der Waals surface area contributed by atoms with Crippen LogP contribution in [0.3, 0.4) is 0 Å². The van der Waals surface area contributed by atoms with Gasteiger partial charge in [-0.2, -0.15) is 0 Å². The molecular formula is C14H12BIN3O-. The Bertz CT molecular complexity index is 772. The van der Waals surface area contributed by atoms with E-state index in [0.717, 1.165) is 21.3 Å². The van der Waals surface area contributed by atoms with E-state index in [-0.39, 0.29) is 5.75 Å². The van der Waals surface area contributed by atoms with Gasteiger partial charge in [0, 0.05) is 0 Å². The number of rotatable bonds is 3. The summed E-state index contributed by atoms with van der Waals surface area (Å²) in [5.41, 5.74) is 9.09. The molecule has 1 aromatic carbocycles. The van der Waals surface area contributed by atoms with E-state index in [2.05, 4.69) is 21.7 Å². The summed E-state index contributed by atoms with van der Waals surface area (Å²) in [6, 6.07) is 11.1. The molecule has 2 heterocycles. The van der Waals surface area contributed by atoms with Crippen molar-refractivity contribution in [3.8, 4) is 17.0 Å². The number of hydrogen-bond acceptors (Lipinski definition) is 3. The number of phenols is 1. The number of halogens is 1. The van der Waals surface area contributed by atoms with Gasteiger partial charge in [0.15, 0.2) is 0 Å². The molecule has 0 bridgehead atoms. The zero-order valence-electron chi connectivity index (χ0n) is 10.9. The number of phenolic OH excluding ortho intramolecular Hbond substituents is 1. The van der Waals surface area contributed by atoms with Crippen molar-refractivity contribution in [3.05, 3.63) is 40.1 Å². The van der Waals surface area contributed by atoms with Crippen LogP contribution in [0, 0.1) is 3.70 Å². The Labute approximate surface area is 128 Å². The van der Waals surface area contributed by atoms with E-state index >= 15 is 0 Å². The average molecular weight is 376 g/mol. The third kappa shape index (κ3) is 2.17. The molecule has 0 fully saturated rings. The monoisotopic (exact) mass is 376 g/mol. The van der Waals surface area contributed by atoms with Crippen LogP contribution < -0.4 is 21.0 Å². The van der Waals surface area contributed by atoms with Crippen molar-refractivity contribution in [1.82, 2.24) is 14.8 Å². The molecule has 0 saturated carbocycles. The molecule has 2 radical (unpaired) electrons. The van der Waals surface area contributed by atoms with Crippen molar-refractivity contribution < 1.29 is 26.1 Å². The Morgan fingerprint density at radius 2 is 2.05 bits per heavy atom. The van der Waals surface area contributed by atoms with Gasteiger partial charge in [-0.1, -0.05) is 0 Å². The van der Waals surface area contributed by atoms with Gasteiger partial charge in [0.2, 0.25) is 0 Å². The summed E-state index contributed by atoms with van der Waals surface area (Å²) in [4.78, 5) is 0. The van der Waals surface area contributed by atoms with E-state index in [4.69, 9.17) is 5.70 Å². The van der Waals surface area contributed by atoms with Crippen LogP contribution in [-0.2, 0) is 6.54 Å². The van der Waals surface area contributed by atoms with E-state index in [1.807, 2.05) is 24.3 Å². The first-order valence-corrected chi connectivity index (χ1v) is 8.56. The molecule has 3 aromatic rings. The van der Waals surface area contributed by atoms with Crippen LogP contribution in [0.1, 0.15) is 6.92 Å². The molecule has 100 valence electrons. The van der Waals surface area contributed by atoms with Crippen LogP contribution in [0.4, 0.5) is 0 Å². The van der Waals surface area contributed by atoms with Crippen LogP contribution in [0.25, 0.3) is 22.3 Å². The van der Waals surface area contributed by atoms with Gasteiger partial charge in [-0.25, -0.2) is 0 Å². The number of aryl methyl sites for hydroxylation is 1. The summed E-state index contributed by atoms with van der Waals surface area (Å²) < 4.78 is 3.31. The Hall–Kier alpha value is -1.57. The Morgan fingerprint density at radius 3 is 2.75 bits per heavy atom. The molecule has 0 spiro atoms. The Balaban J connectivity index is 2.22. The van der Waals surface area contributed by atoms with Crippen molar-refractivity contribution in [1.29, 1.82) is 0 Å². The van der Waals surface area contributed by atoms with Gasteiger partial charge in [0.25, 0.3) is 0 Å². The maximum atomic E-state index is 9.92. The van der Waals surface area contributed by atoms with E-state index in [0.29, 0.717) is 11.3 Å². The molecule has 0 aliphatic carbocycles. The van der Waals surface area contributed by atoms with Crippen molar-refractivity contribution >= 4 is 16.7 Å². The topological polar surface area (TPSA) is 50.9 Å². The van der Waals surface area contributed by atoms with Gasteiger partial charge >= 0.3 is 128 Å². The van der Waals surface area contributed by atoms with Crippen LogP contribution in [0.15, 0.2) is 36.4 Å². The molecule has 6 heteroatoms. The predicted molar refractivity (Wildman–Crippen MR) is 74.8 cm³/mol. The van der Waals surface area contributed by atoms with Crippen LogP contribution in [0.5, 0.6) is 5.75 Å². The fourth-order valence-corrected chi connectivity index (χ4v) is 3.66. The van der Waals surface area contributed by atoms with Gasteiger partial charge in [-0.3, -0.25) is 0 Å². The maximum absolute atomic E-state index is 9.92. The molecule has 0 atom stereocenters. The van der Waals surface area contributed by atoms with Crippen molar-refractivity contribution in [2.24, 2.45) is 0 Å². The van der Waals surface area contributed by atoms with E-state index in [1.165, 1.54) is 0 Å². The minimum absolute atomic E-state index is 0.210. The first kappa shape index (κ1) is 13.4. The number of nitrogens with zero attached hydrogens (tertiary/aromatic N) is 3. The molecule has 3 rings (SSSR count). The predicted octanol–water partition coefficient (Wildman–Crippen LogP) is -0.834.